The molecule has 0 bridgehead atoms. The molecule has 0 aromatic rings. The zero-order chi connectivity index (χ0) is 10.7. The monoisotopic (exact) mass is 198 g/mol. The zero-order valence-corrected chi connectivity index (χ0v) is 8.96. The molecular formula is C10H18N2O2. The standard InChI is InChI=1S/C10H18N2O2/c1-4-6(2)7(3)11-8-5-9(13)12-10(8)14/h6-8,11H,4-5H2,1-3H3,(H,12,13,14). The lowest BCUT2D eigenvalue weighted by Gasteiger charge is -2.22. The molecule has 1 heterocycles. The average Bonchev–Trinajstić information content (AvgIpc) is 2.44. The molecule has 1 aliphatic rings. The lowest BCUT2D eigenvalue weighted by molar-refractivity contribution is -0.125. The van der Waals surface area contributed by atoms with Crippen molar-refractivity contribution in [3.05, 3.63) is 0 Å². The summed E-state index contributed by atoms with van der Waals surface area (Å²) >= 11 is 0. The first-order valence-corrected chi connectivity index (χ1v) is 5.14. The van der Waals surface area contributed by atoms with E-state index in [2.05, 4.69) is 24.5 Å². The van der Waals surface area contributed by atoms with Crippen LogP contribution in [0.1, 0.15) is 33.6 Å². The number of carbonyl (C=O) groups excluding carboxylic acids is 2. The van der Waals surface area contributed by atoms with Gasteiger partial charge in [0.2, 0.25) is 11.8 Å². The second-order valence-electron chi connectivity index (χ2n) is 4.01. The van der Waals surface area contributed by atoms with E-state index in [9.17, 15) is 9.59 Å². The predicted octanol–water partition coefficient (Wildman–Crippen LogP) is 0.426. The van der Waals surface area contributed by atoms with Crippen molar-refractivity contribution in [2.24, 2.45) is 5.92 Å². The summed E-state index contributed by atoms with van der Waals surface area (Å²) < 4.78 is 0. The predicted molar refractivity (Wildman–Crippen MR) is 53.6 cm³/mol. The summed E-state index contributed by atoms with van der Waals surface area (Å²) in [6.07, 6.45) is 1.34. The molecule has 0 radical (unpaired) electrons. The number of carbonyl (C=O) groups is 2. The highest BCUT2D eigenvalue weighted by atomic mass is 16.2. The van der Waals surface area contributed by atoms with E-state index in [4.69, 9.17) is 0 Å². The fraction of sp³-hybridized carbons (Fsp3) is 0.800. The van der Waals surface area contributed by atoms with E-state index < -0.39 is 0 Å². The topological polar surface area (TPSA) is 58.2 Å². The van der Waals surface area contributed by atoms with Gasteiger partial charge in [0, 0.05) is 6.04 Å². The molecule has 1 rings (SSSR count). The summed E-state index contributed by atoms with van der Waals surface area (Å²) in [6, 6.07) is -0.0619. The van der Waals surface area contributed by atoms with Gasteiger partial charge in [0.25, 0.3) is 0 Å². The van der Waals surface area contributed by atoms with Crippen molar-refractivity contribution >= 4 is 11.8 Å². The Balaban J connectivity index is 2.44. The molecule has 4 heteroatoms. The van der Waals surface area contributed by atoms with Crippen LogP contribution < -0.4 is 10.6 Å². The summed E-state index contributed by atoms with van der Waals surface area (Å²) in [5.41, 5.74) is 0. The van der Waals surface area contributed by atoms with E-state index in [1.54, 1.807) is 0 Å². The highest BCUT2D eigenvalue weighted by Gasteiger charge is 2.31. The normalized spacial score (nSPS) is 26.1. The molecule has 1 fully saturated rings. The van der Waals surface area contributed by atoms with Gasteiger partial charge < -0.3 is 5.32 Å². The Bertz CT molecular complexity index is 240. The van der Waals surface area contributed by atoms with E-state index in [0.29, 0.717) is 5.92 Å². The van der Waals surface area contributed by atoms with Gasteiger partial charge in [-0.25, -0.2) is 0 Å². The first kappa shape index (κ1) is 11.2. The molecule has 4 nitrogen and oxygen atoms in total. The Morgan fingerprint density at radius 2 is 2.14 bits per heavy atom. The van der Waals surface area contributed by atoms with Crippen LogP contribution >= 0.6 is 0 Å². The smallest absolute Gasteiger partial charge is 0.244 e. The molecule has 0 aliphatic carbocycles. The van der Waals surface area contributed by atoms with Gasteiger partial charge in [0.1, 0.15) is 0 Å². The summed E-state index contributed by atoms with van der Waals surface area (Å²) in [5, 5.41) is 5.47. The quantitative estimate of drug-likeness (QED) is 0.644. The fourth-order valence-corrected chi connectivity index (χ4v) is 1.52. The number of hydrogen-bond acceptors (Lipinski definition) is 3. The molecular weight excluding hydrogens is 180 g/mol. The van der Waals surface area contributed by atoms with E-state index >= 15 is 0 Å². The maximum atomic E-state index is 11.2. The Kier molecular flexibility index (Phi) is 3.63. The van der Waals surface area contributed by atoms with Crippen LogP contribution in [-0.2, 0) is 9.59 Å². The minimum absolute atomic E-state index is 0.177. The van der Waals surface area contributed by atoms with Gasteiger partial charge in [-0.15, -0.1) is 0 Å². The van der Waals surface area contributed by atoms with Crippen molar-refractivity contribution in [1.29, 1.82) is 0 Å². The number of imide groups is 1. The van der Waals surface area contributed by atoms with Gasteiger partial charge in [-0.05, 0) is 12.8 Å². The molecule has 1 saturated heterocycles. The van der Waals surface area contributed by atoms with E-state index in [-0.39, 0.29) is 30.3 Å². The van der Waals surface area contributed by atoms with Gasteiger partial charge in [-0.1, -0.05) is 20.3 Å². The molecule has 14 heavy (non-hydrogen) atoms. The zero-order valence-electron chi connectivity index (χ0n) is 8.96. The summed E-state index contributed by atoms with van der Waals surface area (Å²) in [4.78, 5) is 22.1. The summed E-state index contributed by atoms with van der Waals surface area (Å²) in [7, 11) is 0. The highest BCUT2D eigenvalue weighted by molar-refractivity contribution is 6.05. The van der Waals surface area contributed by atoms with Gasteiger partial charge in [-0.2, -0.15) is 0 Å². The molecule has 1 aliphatic heterocycles. The van der Waals surface area contributed by atoms with Gasteiger partial charge in [0.15, 0.2) is 0 Å². The van der Waals surface area contributed by atoms with Crippen LogP contribution in [0.25, 0.3) is 0 Å². The first-order valence-electron chi connectivity index (χ1n) is 5.14. The lowest BCUT2D eigenvalue weighted by atomic mass is 10.00. The molecule has 3 unspecified atom stereocenters. The van der Waals surface area contributed by atoms with Crippen LogP contribution in [0.2, 0.25) is 0 Å². The number of nitrogens with one attached hydrogen (secondary N) is 2. The highest BCUT2D eigenvalue weighted by Crippen LogP contribution is 2.10. The van der Waals surface area contributed by atoms with E-state index in [1.807, 2.05) is 6.92 Å². The Labute approximate surface area is 84.4 Å². The van der Waals surface area contributed by atoms with Crippen LogP contribution in [0.5, 0.6) is 0 Å². The molecule has 2 N–H and O–H groups in total. The summed E-state index contributed by atoms with van der Waals surface area (Å²) in [6.45, 7) is 6.29. The molecule has 0 aromatic carbocycles. The number of rotatable bonds is 4. The molecule has 3 atom stereocenters. The van der Waals surface area contributed by atoms with Crippen LogP contribution in [-0.4, -0.2) is 23.9 Å². The average molecular weight is 198 g/mol. The van der Waals surface area contributed by atoms with Crippen molar-refractivity contribution in [2.75, 3.05) is 0 Å². The Morgan fingerprint density at radius 3 is 2.57 bits per heavy atom. The van der Waals surface area contributed by atoms with Crippen molar-refractivity contribution in [2.45, 2.75) is 45.7 Å². The van der Waals surface area contributed by atoms with Crippen molar-refractivity contribution in [1.82, 2.24) is 10.6 Å². The third-order valence-corrected chi connectivity index (χ3v) is 2.93. The second kappa shape index (κ2) is 4.55. The van der Waals surface area contributed by atoms with E-state index in [1.165, 1.54) is 0 Å². The van der Waals surface area contributed by atoms with Crippen LogP contribution in [0.4, 0.5) is 0 Å². The van der Waals surface area contributed by atoms with Gasteiger partial charge in [-0.3, -0.25) is 14.9 Å². The largest absolute Gasteiger partial charge is 0.303 e. The van der Waals surface area contributed by atoms with Crippen molar-refractivity contribution in [3.8, 4) is 0 Å². The molecule has 2 amide bonds. The second-order valence-corrected chi connectivity index (χ2v) is 4.01. The lowest BCUT2D eigenvalue weighted by Crippen LogP contribution is -2.44. The number of hydrogen-bond donors (Lipinski definition) is 2. The minimum Gasteiger partial charge on any atom is -0.303 e. The molecule has 0 spiro atoms. The Morgan fingerprint density at radius 1 is 1.50 bits per heavy atom. The van der Waals surface area contributed by atoms with Gasteiger partial charge >= 0.3 is 0 Å². The minimum atomic E-state index is -0.327. The van der Waals surface area contributed by atoms with Crippen molar-refractivity contribution in [3.63, 3.8) is 0 Å². The number of amides is 2. The molecule has 80 valence electrons. The summed E-state index contributed by atoms with van der Waals surface area (Å²) in [5.74, 6) is 0.146. The third-order valence-electron chi connectivity index (χ3n) is 2.93. The van der Waals surface area contributed by atoms with Gasteiger partial charge in [0.05, 0.1) is 12.5 Å². The van der Waals surface area contributed by atoms with Crippen LogP contribution in [0.3, 0.4) is 0 Å². The van der Waals surface area contributed by atoms with Crippen LogP contribution in [0.15, 0.2) is 0 Å². The van der Waals surface area contributed by atoms with Crippen molar-refractivity contribution < 1.29 is 9.59 Å². The third kappa shape index (κ3) is 2.54. The SMILES string of the molecule is CCC(C)C(C)NC1CC(=O)NC1=O. The first-order chi connectivity index (χ1) is 6.54. The maximum Gasteiger partial charge on any atom is 0.244 e. The fourth-order valence-electron chi connectivity index (χ4n) is 1.52. The van der Waals surface area contributed by atoms with Crippen LogP contribution in [0, 0.1) is 5.92 Å². The molecule has 0 aromatic heterocycles. The van der Waals surface area contributed by atoms with E-state index in [0.717, 1.165) is 6.42 Å². The molecule has 0 saturated carbocycles. The maximum absolute atomic E-state index is 11.2. The Hall–Kier alpha value is -0.900.